The van der Waals surface area contributed by atoms with E-state index in [2.05, 4.69) is 35.6 Å². The van der Waals surface area contributed by atoms with Gasteiger partial charge in [-0.2, -0.15) is 10.4 Å². The second-order valence-corrected chi connectivity index (χ2v) is 11.0. The highest BCUT2D eigenvalue weighted by atomic mass is 35.5. The van der Waals surface area contributed by atoms with Crippen molar-refractivity contribution in [3.63, 3.8) is 0 Å². The largest absolute Gasteiger partial charge is 0.493 e. The summed E-state index contributed by atoms with van der Waals surface area (Å²) in [5.74, 6) is 0.770. The molecule has 1 aromatic heterocycles. The van der Waals surface area contributed by atoms with Crippen LogP contribution >= 0.6 is 11.6 Å². The lowest BCUT2D eigenvalue weighted by molar-refractivity contribution is -0.138. The van der Waals surface area contributed by atoms with E-state index in [-0.39, 0.29) is 17.4 Å². The quantitative estimate of drug-likeness (QED) is 0.458. The third kappa shape index (κ3) is 3.39. The lowest BCUT2D eigenvalue weighted by atomic mass is 9.73. The molecule has 8 heteroatoms. The lowest BCUT2D eigenvalue weighted by Gasteiger charge is -2.51. The number of carbonyl (C=O) groups excluding carboxylic acids is 1. The summed E-state index contributed by atoms with van der Waals surface area (Å²) in [6.45, 7) is 10.8. The molecule has 2 saturated heterocycles. The Hall–Kier alpha value is -3.50. The molecule has 6 rings (SSSR count). The highest BCUT2D eigenvalue weighted by molar-refractivity contribution is 6.33. The normalized spacial score (nSPS) is 19.9. The number of aryl methyl sites for hydroxylation is 2. The van der Waals surface area contributed by atoms with Crippen molar-refractivity contribution in [2.75, 3.05) is 31.1 Å². The number of anilines is 1. The first-order valence-corrected chi connectivity index (χ1v) is 13.2. The molecule has 2 aromatic carbocycles. The first-order valence-electron chi connectivity index (χ1n) is 12.8. The van der Waals surface area contributed by atoms with Crippen LogP contribution in [0.3, 0.4) is 0 Å². The number of ether oxygens (including phenoxy) is 1. The second kappa shape index (κ2) is 8.53. The molecule has 2 fully saturated rings. The van der Waals surface area contributed by atoms with Gasteiger partial charge in [0.15, 0.2) is 0 Å². The average molecular weight is 516 g/mol. The van der Waals surface area contributed by atoms with Crippen molar-refractivity contribution in [2.24, 2.45) is 12.5 Å². The Bertz CT molecular complexity index is 1510. The van der Waals surface area contributed by atoms with E-state index in [4.69, 9.17) is 16.3 Å². The maximum absolute atomic E-state index is 12.1. The van der Waals surface area contributed by atoms with Gasteiger partial charge in [-0.3, -0.25) is 9.48 Å². The number of nitriles is 1. The van der Waals surface area contributed by atoms with E-state index < -0.39 is 0 Å². The predicted octanol–water partition coefficient (Wildman–Crippen LogP) is 5.01. The molecule has 37 heavy (non-hydrogen) atoms. The van der Waals surface area contributed by atoms with E-state index in [1.165, 1.54) is 6.08 Å². The highest BCUT2D eigenvalue weighted by Crippen LogP contribution is 2.51. The van der Waals surface area contributed by atoms with Crippen molar-refractivity contribution >= 4 is 34.1 Å². The SMILES string of the molecule is C=CC(=O)N1CC2(CCN(c3cc4c(c(-c5c(C)c(Cl)cc6cnn(C)c56)c3C#N)OCCC4)[C@H]2C)C1. The molecule has 4 heterocycles. The summed E-state index contributed by atoms with van der Waals surface area (Å²) in [5, 5.41) is 16.7. The van der Waals surface area contributed by atoms with Crippen molar-refractivity contribution in [1.29, 1.82) is 5.26 Å². The van der Waals surface area contributed by atoms with Gasteiger partial charge in [0.2, 0.25) is 5.91 Å². The zero-order valence-corrected chi connectivity index (χ0v) is 22.2. The van der Waals surface area contributed by atoms with Crippen molar-refractivity contribution in [3.05, 3.63) is 52.7 Å². The number of likely N-dealkylation sites (tertiary alicyclic amines) is 1. The van der Waals surface area contributed by atoms with Crippen LogP contribution in [0.5, 0.6) is 5.75 Å². The zero-order valence-electron chi connectivity index (χ0n) is 21.5. The molecule has 0 radical (unpaired) electrons. The minimum Gasteiger partial charge on any atom is -0.493 e. The topological polar surface area (TPSA) is 74.4 Å². The Morgan fingerprint density at radius 3 is 2.86 bits per heavy atom. The Labute approximate surface area is 221 Å². The van der Waals surface area contributed by atoms with Gasteiger partial charge in [0.25, 0.3) is 0 Å². The van der Waals surface area contributed by atoms with Crippen LogP contribution in [0.25, 0.3) is 22.0 Å². The van der Waals surface area contributed by atoms with Gasteiger partial charge in [0, 0.05) is 59.7 Å². The van der Waals surface area contributed by atoms with Crippen LogP contribution in [0.2, 0.25) is 5.02 Å². The summed E-state index contributed by atoms with van der Waals surface area (Å²) in [4.78, 5) is 16.4. The summed E-state index contributed by atoms with van der Waals surface area (Å²) in [6, 6.07) is 6.84. The number of nitrogens with zero attached hydrogens (tertiary/aromatic N) is 5. The molecule has 0 aliphatic carbocycles. The molecule has 190 valence electrons. The molecular formula is C29H30ClN5O2. The van der Waals surface area contributed by atoms with E-state index in [1.54, 1.807) is 0 Å². The lowest BCUT2D eigenvalue weighted by Crippen LogP contribution is -2.62. The predicted molar refractivity (Wildman–Crippen MR) is 145 cm³/mol. The van der Waals surface area contributed by atoms with Gasteiger partial charge in [0.1, 0.15) is 11.8 Å². The van der Waals surface area contributed by atoms with E-state index in [1.807, 2.05) is 35.8 Å². The summed E-state index contributed by atoms with van der Waals surface area (Å²) >= 11 is 6.73. The van der Waals surface area contributed by atoms with E-state index in [0.717, 1.165) is 83.5 Å². The molecule has 3 aliphatic rings. The number of rotatable bonds is 3. The van der Waals surface area contributed by atoms with Gasteiger partial charge >= 0.3 is 0 Å². The molecule has 3 aliphatic heterocycles. The number of amides is 1. The third-order valence-electron chi connectivity index (χ3n) is 8.77. The fourth-order valence-corrected chi connectivity index (χ4v) is 6.82. The third-order valence-corrected chi connectivity index (χ3v) is 9.16. The van der Waals surface area contributed by atoms with E-state index in [9.17, 15) is 10.1 Å². The number of hydrogen-bond acceptors (Lipinski definition) is 5. The summed E-state index contributed by atoms with van der Waals surface area (Å²) < 4.78 is 8.14. The Morgan fingerprint density at radius 2 is 2.14 bits per heavy atom. The highest BCUT2D eigenvalue weighted by Gasteiger charge is 2.54. The van der Waals surface area contributed by atoms with Crippen molar-refractivity contribution < 1.29 is 9.53 Å². The van der Waals surface area contributed by atoms with Crippen molar-refractivity contribution in [1.82, 2.24) is 14.7 Å². The molecule has 3 aromatic rings. The monoisotopic (exact) mass is 515 g/mol. The van der Waals surface area contributed by atoms with Crippen LogP contribution in [0, 0.1) is 23.7 Å². The number of carbonyl (C=O) groups is 1. The minimum atomic E-state index is -0.0150. The van der Waals surface area contributed by atoms with Gasteiger partial charge in [-0.25, -0.2) is 0 Å². The summed E-state index contributed by atoms with van der Waals surface area (Å²) in [6.07, 6.45) is 6.01. The molecule has 0 unspecified atom stereocenters. The molecule has 1 amide bonds. The number of hydrogen-bond donors (Lipinski definition) is 0. The van der Waals surface area contributed by atoms with E-state index >= 15 is 0 Å². The van der Waals surface area contributed by atoms with Gasteiger partial charge in [-0.15, -0.1) is 0 Å². The average Bonchev–Trinajstić information content (AvgIpc) is 3.42. The molecule has 1 atom stereocenters. The van der Waals surface area contributed by atoms with Gasteiger partial charge in [-0.1, -0.05) is 18.2 Å². The number of benzene rings is 2. The Kier molecular flexibility index (Phi) is 5.50. The first kappa shape index (κ1) is 23.9. The molecule has 0 N–H and O–H groups in total. The van der Waals surface area contributed by atoms with Crippen LogP contribution in [-0.4, -0.2) is 52.9 Å². The smallest absolute Gasteiger partial charge is 0.245 e. The Balaban J connectivity index is 1.55. The van der Waals surface area contributed by atoms with Crippen LogP contribution in [0.15, 0.2) is 31.0 Å². The maximum Gasteiger partial charge on any atom is 0.245 e. The molecule has 0 bridgehead atoms. The fraction of sp³-hybridized carbons (Fsp3) is 0.414. The second-order valence-electron chi connectivity index (χ2n) is 10.6. The molecule has 1 spiro atoms. The molecule has 7 nitrogen and oxygen atoms in total. The standard InChI is InChI=1S/C29H30ClN5O2/c1-5-24(36)34-15-29(16-34)8-9-35(18(29)3)23-12-19-7-6-10-37-28(19)26(21(23)13-31)25-17(2)22(30)11-20-14-32-33(4)27(20)25/h5,11-12,14,18H,1,6-10,15-16H2,2-4H3/t18-/m0/s1. The molecule has 0 saturated carbocycles. The Morgan fingerprint density at radius 1 is 1.35 bits per heavy atom. The van der Waals surface area contributed by atoms with Gasteiger partial charge < -0.3 is 14.5 Å². The fourth-order valence-electron chi connectivity index (χ4n) is 6.61. The zero-order chi connectivity index (χ0) is 26.1. The van der Waals surface area contributed by atoms with E-state index in [0.29, 0.717) is 17.2 Å². The van der Waals surface area contributed by atoms with Gasteiger partial charge in [0.05, 0.1) is 29.6 Å². The van der Waals surface area contributed by atoms with Crippen LogP contribution in [0.1, 0.15) is 36.5 Å². The first-order chi connectivity index (χ1) is 17.8. The summed E-state index contributed by atoms with van der Waals surface area (Å²) in [7, 11) is 1.92. The van der Waals surface area contributed by atoms with Crippen molar-refractivity contribution in [2.45, 2.75) is 39.2 Å². The number of aromatic nitrogens is 2. The minimum absolute atomic E-state index is 0.0150. The number of fused-ring (bicyclic) bond motifs is 2. The van der Waals surface area contributed by atoms with Crippen LogP contribution < -0.4 is 9.64 Å². The number of halogens is 1. The van der Waals surface area contributed by atoms with Crippen LogP contribution in [0.4, 0.5) is 5.69 Å². The summed E-state index contributed by atoms with van der Waals surface area (Å²) in [5.41, 5.74) is 6.27. The van der Waals surface area contributed by atoms with Crippen LogP contribution in [-0.2, 0) is 18.3 Å². The maximum atomic E-state index is 12.1. The van der Waals surface area contributed by atoms with Crippen molar-refractivity contribution in [3.8, 4) is 22.9 Å². The molecular weight excluding hydrogens is 486 g/mol. The van der Waals surface area contributed by atoms with Gasteiger partial charge in [-0.05, 0) is 62.4 Å².